The lowest BCUT2D eigenvalue weighted by Crippen LogP contribution is -2.34. The van der Waals surface area contributed by atoms with E-state index in [0.29, 0.717) is 25.3 Å². The van der Waals surface area contributed by atoms with Crippen molar-refractivity contribution in [3.05, 3.63) is 59.9 Å². The Morgan fingerprint density at radius 2 is 2.11 bits per heavy atom. The normalized spacial score (nSPS) is 16.6. The zero-order valence-corrected chi connectivity index (χ0v) is 15.2. The van der Waals surface area contributed by atoms with E-state index in [1.54, 1.807) is 24.3 Å². The molecule has 1 aliphatic rings. The van der Waals surface area contributed by atoms with Crippen molar-refractivity contribution in [2.75, 3.05) is 25.0 Å². The fourth-order valence-electron chi connectivity index (χ4n) is 3.25. The second-order valence-electron chi connectivity index (χ2n) is 6.81. The first-order valence-electron chi connectivity index (χ1n) is 9.26. The van der Waals surface area contributed by atoms with Crippen LogP contribution in [0.15, 0.2) is 48.5 Å². The third-order valence-corrected chi connectivity index (χ3v) is 4.63. The Morgan fingerprint density at radius 3 is 2.85 bits per heavy atom. The van der Waals surface area contributed by atoms with Crippen LogP contribution in [0.1, 0.15) is 24.8 Å². The predicted molar refractivity (Wildman–Crippen MR) is 102 cm³/mol. The van der Waals surface area contributed by atoms with Gasteiger partial charge in [-0.05, 0) is 37.1 Å². The number of rotatable bonds is 8. The molecule has 5 nitrogen and oxygen atoms in total. The van der Waals surface area contributed by atoms with Gasteiger partial charge in [-0.2, -0.15) is 0 Å². The van der Waals surface area contributed by atoms with E-state index in [1.165, 1.54) is 12.1 Å². The zero-order chi connectivity index (χ0) is 19.1. The lowest BCUT2D eigenvalue weighted by molar-refractivity contribution is -0.116. The molecular formula is C21H25FN2O3. The fraction of sp³-hybridized carbons (Fsp3) is 0.381. The van der Waals surface area contributed by atoms with Crippen LogP contribution in [0.5, 0.6) is 5.75 Å². The minimum atomic E-state index is -0.382. The third-order valence-electron chi connectivity index (χ3n) is 4.63. The van der Waals surface area contributed by atoms with E-state index in [4.69, 9.17) is 4.74 Å². The number of carbonyl (C=O) groups is 1. The van der Waals surface area contributed by atoms with Crippen molar-refractivity contribution in [3.63, 3.8) is 0 Å². The van der Waals surface area contributed by atoms with Gasteiger partial charge in [-0.15, -0.1) is 0 Å². The zero-order valence-electron chi connectivity index (χ0n) is 15.2. The number of aromatic hydroxyl groups is 1. The highest BCUT2D eigenvalue weighted by Gasteiger charge is 2.20. The van der Waals surface area contributed by atoms with Crippen LogP contribution in [-0.4, -0.2) is 41.7 Å². The van der Waals surface area contributed by atoms with Gasteiger partial charge in [0.25, 0.3) is 0 Å². The summed E-state index contributed by atoms with van der Waals surface area (Å²) in [6.45, 7) is 2.55. The van der Waals surface area contributed by atoms with E-state index in [-0.39, 0.29) is 30.0 Å². The molecule has 3 rings (SSSR count). The monoisotopic (exact) mass is 372 g/mol. The number of phenols is 1. The molecule has 2 aromatic rings. The molecule has 1 amide bonds. The number of hydrogen-bond acceptors (Lipinski definition) is 4. The highest BCUT2D eigenvalue weighted by Crippen LogP contribution is 2.20. The molecule has 0 aliphatic carbocycles. The number of carbonyl (C=O) groups excluding carboxylic acids is 1. The number of amides is 1. The first-order chi connectivity index (χ1) is 13.1. The molecule has 0 spiro atoms. The van der Waals surface area contributed by atoms with Crippen molar-refractivity contribution in [2.24, 2.45) is 0 Å². The first-order valence-corrected chi connectivity index (χ1v) is 9.26. The average Bonchev–Trinajstić information content (AvgIpc) is 3.15. The summed E-state index contributed by atoms with van der Waals surface area (Å²) in [7, 11) is 0. The first kappa shape index (κ1) is 19.3. The number of ether oxygens (including phenoxy) is 1. The van der Waals surface area contributed by atoms with E-state index in [9.17, 15) is 14.3 Å². The van der Waals surface area contributed by atoms with Crippen LogP contribution in [-0.2, 0) is 16.1 Å². The van der Waals surface area contributed by atoms with Crippen molar-refractivity contribution in [3.8, 4) is 5.75 Å². The fourth-order valence-corrected chi connectivity index (χ4v) is 3.25. The topological polar surface area (TPSA) is 61.8 Å². The van der Waals surface area contributed by atoms with Gasteiger partial charge in [0.1, 0.15) is 11.6 Å². The minimum Gasteiger partial charge on any atom is -0.508 e. The number of nitrogens with one attached hydrogen (secondary N) is 1. The van der Waals surface area contributed by atoms with Crippen LogP contribution in [0.4, 0.5) is 10.1 Å². The Morgan fingerprint density at radius 1 is 1.26 bits per heavy atom. The lowest BCUT2D eigenvalue weighted by Gasteiger charge is -2.25. The number of halogens is 1. The van der Waals surface area contributed by atoms with Crippen LogP contribution >= 0.6 is 0 Å². The third kappa shape index (κ3) is 6.05. The Hall–Kier alpha value is -2.44. The minimum absolute atomic E-state index is 0.155. The van der Waals surface area contributed by atoms with Crippen molar-refractivity contribution in [1.29, 1.82) is 0 Å². The molecule has 2 aromatic carbocycles. The standard InChI is InChI=1S/C21H25FN2O3/c22-17-6-3-7-18(13-17)23-21(26)10-11-24(15-19-8-4-12-27-19)14-16-5-1-2-9-20(16)25/h1-3,5-7,9,13,19,25H,4,8,10-12,14-15H2,(H,23,26). The second-order valence-corrected chi connectivity index (χ2v) is 6.81. The number of hydrogen-bond donors (Lipinski definition) is 2. The number of phenolic OH excluding ortho intramolecular Hbond substituents is 1. The van der Waals surface area contributed by atoms with Gasteiger partial charge in [-0.3, -0.25) is 9.69 Å². The quantitative estimate of drug-likeness (QED) is 0.744. The SMILES string of the molecule is O=C(CCN(Cc1ccccc1O)CC1CCCO1)Nc1cccc(F)c1. The van der Waals surface area contributed by atoms with Crippen molar-refractivity contribution >= 4 is 11.6 Å². The Kier molecular flexibility index (Phi) is 6.79. The van der Waals surface area contributed by atoms with Crippen LogP contribution < -0.4 is 5.32 Å². The highest BCUT2D eigenvalue weighted by atomic mass is 19.1. The van der Waals surface area contributed by atoms with E-state index in [1.807, 2.05) is 12.1 Å². The van der Waals surface area contributed by atoms with Gasteiger partial charge in [-0.1, -0.05) is 24.3 Å². The Bertz CT molecular complexity index is 763. The molecule has 6 heteroatoms. The predicted octanol–water partition coefficient (Wildman–Crippen LogP) is 3.54. The smallest absolute Gasteiger partial charge is 0.225 e. The van der Waals surface area contributed by atoms with Crippen molar-refractivity contribution in [1.82, 2.24) is 4.90 Å². The van der Waals surface area contributed by atoms with Gasteiger partial charge in [0, 0.05) is 43.9 Å². The summed E-state index contributed by atoms with van der Waals surface area (Å²) in [6.07, 6.45) is 2.49. The van der Waals surface area contributed by atoms with Gasteiger partial charge < -0.3 is 15.2 Å². The maximum Gasteiger partial charge on any atom is 0.225 e. The Labute approximate surface area is 158 Å². The molecule has 0 saturated carbocycles. The number of nitrogens with zero attached hydrogens (tertiary/aromatic N) is 1. The molecular weight excluding hydrogens is 347 g/mol. The summed E-state index contributed by atoms with van der Waals surface area (Å²) in [5, 5.41) is 12.8. The van der Waals surface area contributed by atoms with E-state index >= 15 is 0 Å². The molecule has 1 saturated heterocycles. The molecule has 1 heterocycles. The van der Waals surface area contributed by atoms with E-state index < -0.39 is 0 Å². The van der Waals surface area contributed by atoms with Crippen LogP contribution in [0, 0.1) is 5.82 Å². The van der Waals surface area contributed by atoms with Crippen LogP contribution in [0.2, 0.25) is 0 Å². The number of para-hydroxylation sites is 1. The van der Waals surface area contributed by atoms with Crippen LogP contribution in [0.3, 0.4) is 0 Å². The molecule has 0 bridgehead atoms. The molecule has 2 N–H and O–H groups in total. The largest absolute Gasteiger partial charge is 0.508 e. The number of anilines is 1. The summed E-state index contributed by atoms with van der Waals surface area (Å²) >= 11 is 0. The maximum atomic E-state index is 13.2. The van der Waals surface area contributed by atoms with Gasteiger partial charge in [0.05, 0.1) is 6.10 Å². The molecule has 0 radical (unpaired) electrons. The molecule has 1 aliphatic heterocycles. The van der Waals surface area contributed by atoms with Gasteiger partial charge >= 0.3 is 0 Å². The van der Waals surface area contributed by atoms with Crippen molar-refractivity contribution in [2.45, 2.75) is 31.9 Å². The average molecular weight is 372 g/mol. The van der Waals surface area contributed by atoms with Crippen LogP contribution in [0.25, 0.3) is 0 Å². The highest BCUT2D eigenvalue weighted by molar-refractivity contribution is 5.90. The van der Waals surface area contributed by atoms with E-state index in [2.05, 4.69) is 10.2 Å². The van der Waals surface area contributed by atoms with Gasteiger partial charge in [0.15, 0.2) is 0 Å². The molecule has 144 valence electrons. The summed E-state index contributed by atoms with van der Waals surface area (Å²) in [5.74, 6) is -0.304. The van der Waals surface area contributed by atoms with E-state index in [0.717, 1.165) is 25.0 Å². The summed E-state index contributed by atoms with van der Waals surface area (Å²) in [5.41, 5.74) is 1.27. The van der Waals surface area contributed by atoms with Gasteiger partial charge in [-0.25, -0.2) is 4.39 Å². The maximum absolute atomic E-state index is 13.2. The summed E-state index contributed by atoms with van der Waals surface area (Å²) in [6, 6.07) is 13.1. The Balaban J connectivity index is 1.58. The molecule has 0 aromatic heterocycles. The summed E-state index contributed by atoms with van der Waals surface area (Å²) in [4.78, 5) is 14.4. The molecule has 1 atom stereocenters. The lowest BCUT2D eigenvalue weighted by atomic mass is 10.1. The second kappa shape index (κ2) is 9.48. The number of benzene rings is 2. The molecule has 1 unspecified atom stereocenters. The van der Waals surface area contributed by atoms with Gasteiger partial charge in [0.2, 0.25) is 5.91 Å². The summed E-state index contributed by atoms with van der Waals surface area (Å²) < 4.78 is 19.0. The molecule has 1 fully saturated rings. The molecule has 27 heavy (non-hydrogen) atoms. The van der Waals surface area contributed by atoms with Crippen molar-refractivity contribution < 1.29 is 19.0 Å².